The van der Waals surface area contributed by atoms with Crippen molar-refractivity contribution >= 4 is 27.0 Å². The molecule has 0 fully saturated rings. The Labute approximate surface area is 130 Å². The summed E-state index contributed by atoms with van der Waals surface area (Å²) in [5.41, 5.74) is 2.62. The van der Waals surface area contributed by atoms with Gasteiger partial charge in [0.05, 0.1) is 12.6 Å². The van der Waals surface area contributed by atoms with Gasteiger partial charge in [-0.1, -0.05) is 28.1 Å². The van der Waals surface area contributed by atoms with Crippen LogP contribution < -0.4 is 9.47 Å². The quantitative estimate of drug-likeness (QED) is 0.718. The van der Waals surface area contributed by atoms with E-state index < -0.39 is 0 Å². The highest BCUT2D eigenvalue weighted by Gasteiger charge is 2.07. The molecule has 21 heavy (non-hydrogen) atoms. The molecule has 0 radical (unpaired) electrons. The van der Waals surface area contributed by atoms with Crippen LogP contribution in [-0.2, 0) is 6.61 Å². The molecule has 1 aromatic heterocycles. The highest BCUT2D eigenvalue weighted by atomic mass is 79.9. The molecule has 0 N–H and O–H groups in total. The van der Waals surface area contributed by atoms with Gasteiger partial charge >= 0.3 is 0 Å². The van der Waals surface area contributed by atoms with Gasteiger partial charge in [0.1, 0.15) is 23.6 Å². The number of aromatic nitrogens is 2. The average molecular weight is 345 g/mol. The minimum atomic E-state index is 0.464. The molecule has 2 aromatic carbocycles. The molecule has 0 saturated carbocycles. The lowest BCUT2D eigenvalue weighted by atomic mass is 10.2. The van der Waals surface area contributed by atoms with Gasteiger partial charge in [0, 0.05) is 16.9 Å². The Morgan fingerprint density at radius 3 is 2.57 bits per heavy atom. The summed E-state index contributed by atoms with van der Waals surface area (Å²) < 4.78 is 11.9. The van der Waals surface area contributed by atoms with Crippen LogP contribution in [0, 0.1) is 0 Å². The van der Waals surface area contributed by atoms with Gasteiger partial charge in [-0.05, 0) is 29.8 Å². The van der Waals surface area contributed by atoms with Crippen LogP contribution in [0.2, 0.25) is 0 Å². The first-order chi connectivity index (χ1) is 10.3. The normalized spacial score (nSPS) is 10.6. The fourth-order valence-electron chi connectivity index (χ4n) is 2.00. The molecule has 0 atom stereocenters. The van der Waals surface area contributed by atoms with Crippen molar-refractivity contribution in [1.82, 2.24) is 9.97 Å². The van der Waals surface area contributed by atoms with Gasteiger partial charge in [0.2, 0.25) is 0 Å². The van der Waals surface area contributed by atoms with Crippen LogP contribution in [0.3, 0.4) is 0 Å². The van der Waals surface area contributed by atoms with E-state index in [9.17, 15) is 0 Å². The third-order valence-corrected chi connectivity index (χ3v) is 3.51. The second-order valence-electron chi connectivity index (χ2n) is 4.46. The molecular formula is C16H13BrN2O2. The van der Waals surface area contributed by atoms with Gasteiger partial charge in [-0.2, -0.15) is 0 Å². The number of rotatable bonds is 4. The summed E-state index contributed by atoms with van der Waals surface area (Å²) in [6.07, 6.45) is 3.33. The third kappa shape index (κ3) is 3.13. The number of benzene rings is 2. The summed E-state index contributed by atoms with van der Waals surface area (Å²) in [4.78, 5) is 8.62. The summed E-state index contributed by atoms with van der Waals surface area (Å²) in [5, 5.41) is 0. The van der Waals surface area contributed by atoms with Crippen LogP contribution in [0.4, 0.5) is 0 Å². The number of methoxy groups -OCH3 is 1. The van der Waals surface area contributed by atoms with Gasteiger partial charge in [0.25, 0.3) is 0 Å². The third-order valence-electron chi connectivity index (χ3n) is 3.06. The smallest absolute Gasteiger partial charge is 0.148 e. The van der Waals surface area contributed by atoms with Crippen molar-refractivity contribution < 1.29 is 9.47 Å². The fourth-order valence-corrected chi connectivity index (χ4v) is 2.43. The van der Waals surface area contributed by atoms with E-state index in [2.05, 4.69) is 25.9 Å². The molecule has 0 aliphatic rings. The largest absolute Gasteiger partial charge is 0.497 e. The Balaban J connectivity index is 1.84. The standard InChI is InChI=1S/C16H13BrN2O2/c1-20-13-4-2-11(3-5-13)10-21-15-9-12(17)8-14-16(15)19-7-6-18-14/h2-9H,10H2,1H3. The Morgan fingerprint density at radius 2 is 1.81 bits per heavy atom. The zero-order valence-corrected chi connectivity index (χ0v) is 13.0. The predicted octanol–water partition coefficient (Wildman–Crippen LogP) is 3.98. The summed E-state index contributed by atoms with van der Waals surface area (Å²) in [6.45, 7) is 0.464. The van der Waals surface area contributed by atoms with E-state index in [1.807, 2.05) is 36.4 Å². The highest BCUT2D eigenvalue weighted by Crippen LogP contribution is 2.28. The molecule has 1 heterocycles. The van der Waals surface area contributed by atoms with Gasteiger partial charge in [-0.3, -0.25) is 4.98 Å². The van der Waals surface area contributed by atoms with Crippen LogP contribution in [0.5, 0.6) is 11.5 Å². The van der Waals surface area contributed by atoms with E-state index in [1.54, 1.807) is 19.5 Å². The number of fused-ring (bicyclic) bond motifs is 1. The van der Waals surface area contributed by atoms with Crippen molar-refractivity contribution in [3.05, 3.63) is 58.8 Å². The molecule has 5 heteroatoms. The van der Waals surface area contributed by atoms with E-state index in [1.165, 1.54) is 0 Å². The zero-order valence-electron chi connectivity index (χ0n) is 11.4. The van der Waals surface area contributed by atoms with Gasteiger partial charge in [-0.25, -0.2) is 4.98 Å². The predicted molar refractivity (Wildman–Crippen MR) is 84.6 cm³/mol. The lowest BCUT2D eigenvalue weighted by molar-refractivity contribution is 0.309. The number of hydrogen-bond acceptors (Lipinski definition) is 4. The summed E-state index contributed by atoms with van der Waals surface area (Å²) >= 11 is 3.46. The second kappa shape index (κ2) is 6.10. The first kappa shape index (κ1) is 13.8. The molecule has 106 valence electrons. The lowest BCUT2D eigenvalue weighted by Crippen LogP contribution is -1.97. The first-order valence-electron chi connectivity index (χ1n) is 6.42. The Hall–Kier alpha value is -2.14. The zero-order chi connectivity index (χ0) is 14.7. The van der Waals surface area contributed by atoms with Crippen LogP contribution >= 0.6 is 15.9 Å². The van der Waals surface area contributed by atoms with Crippen molar-refractivity contribution in [1.29, 1.82) is 0 Å². The van der Waals surface area contributed by atoms with Crippen LogP contribution in [0.1, 0.15) is 5.56 Å². The van der Waals surface area contributed by atoms with Crippen molar-refractivity contribution in [2.75, 3.05) is 7.11 Å². The topological polar surface area (TPSA) is 44.2 Å². The summed E-state index contributed by atoms with van der Waals surface area (Å²) in [7, 11) is 1.65. The molecule has 0 aliphatic heterocycles. The molecular weight excluding hydrogens is 332 g/mol. The average Bonchev–Trinajstić information content (AvgIpc) is 2.53. The van der Waals surface area contributed by atoms with E-state index in [-0.39, 0.29) is 0 Å². The Bertz CT molecular complexity index is 760. The number of nitrogens with zero attached hydrogens (tertiary/aromatic N) is 2. The van der Waals surface area contributed by atoms with Crippen molar-refractivity contribution in [3.8, 4) is 11.5 Å². The monoisotopic (exact) mass is 344 g/mol. The summed E-state index contributed by atoms with van der Waals surface area (Å²) in [6, 6.07) is 11.6. The maximum absolute atomic E-state index is 5.89. The van der Waals surface area contributed by atoms with E-state index in [4.69, 9.17) is 9.47 Å². The fraction of sp³-hybridized carbons (Fsp3) is 0.125. The minimum absolute atomic E-state index is 0.464. The number of hydrogen-bond donors (Lipinski definition) is 0. The molecule has 0 aliphatic carbocycles. The Morgan fingerprint density at radius 1 is 1.05 bits per heavy atom. The Kier molecular flexibility index (Phi) is 4.01. The molecule has 4 nitrogen and oxygen atoms in total. The maximum Gasteiger partial charge on any atom is 0.148 e. The maximum atomic E-state index is 5.89. The van der Waals surface area contributed by atoms with E-state index in [0.717, 1.165) is 26.8 Å². The number of ether oxygens (including phenoxy) is 2. The highest BCUT2D eigenvalue weighted by molar-refractivity contribution is 9.10. The SMILES string of the molecule is COc1ccc(COc2cc(Br)cc3nccnc23)cc1. The van der Waals surface area contributed by atoms with Crippen molar-refractivity contribution in [3.63, 3.8) is 0 Å². The van der Waals surface area contributed by atoms with Crippen LogP contribution in [0.15, 0.2) is 53.3 Å². The van der Waals surface area contributed by atoms with E-state index >= 15 is 0 Å². The first-order valence-corrected chi connectivity index (χ1v) is 7.21. The van der Waals surface area contributed by atoms with Gasteiger partial charge in [-0.15, -0.1) is 0 Å². The van der Waals surface area contributed by atoms with Crippen LogP contribution in [0.25, 0.3) is 11.0 Å². The second-order valence-corrected chi connectivity index (χ2v) is 5.38. The van der Waals surface area contributed by atoms with E-state index in [0.29, 0.717) is 12.4 Å². The number of halogens is 1. The molecule has 0 bridgehead atoms. The van der Waals surface area contributed by atoms with Crippen molar-refractivity contribution in [2.24, 2.45) is 0 Å². The van der Waals surface area contributed by atoms with Gasteiger partial charge in [0.15, 0.2) is 0 Å². The lowest BCUT2D eigenvalue weighted by Gasteiger charge is -2.09. The molecule has 0 spiro atoms. The molecule has 0 amide bonds. The molecule has 0 unspecified atom stereocenters. The summed E-state index contributed by atoms with van der Waals surface area (Å²) in [5.74, 6) is 1.54. The molecule has 0 saturated heterocycles. The van der Waals surface area contributed by atoms with Crippen LogP contribution in [-0.4, -0.2) is 17.1 Å². The van der Waals surface area contributed by atoms with Crippen molar-refractivity contribution in [2.45, 2.75) is 6.61 Å². The molecule has 3 aromatic rings. The van der Waals surface area contributed by atoms with Gasteiger partial charge < -0.3 is 9.47 Å². The molecule has 3 rings (SSSR count). The minimum Gasteiger partial charge on any atom is -0.497 e.